The van der Waals surface area contributed by atoms with Gasteiger partial charge in [0.2, 0.25) is 0 Å². The third-order valence-corrected chi connectivity index (χ3v) is 3.24. The Balaban J connectivity index is 4.14. The molecule has 0 fully saturated rings. The molecule has 5 nitrogen and oxygen atoms in total. The molecular formula is C13H29N3O2. The SMILES string of the molecule is COC(=O)C(C)(N)CC(C)N(C)CCCN(C)C. The fourth-order valence-corrected chi connectivity index (χ4v) is 1.94. The average molecular weight is 259 g/mol. The molecule has 0 rings (SSSR count). The molecule has 0 aliphatic carbocycles. The van der Waals surface area contributed by atoms with Crippen LogP contribution in [0.2, 0.25) is 0 Å². The Bertz CT molecular complexity index is 255. The normalized spacial score (nSPS) is 16.7. The van der Waals surface area contributed by atoms with E-state index in [1.165, 1.54) is 7.11 Å². The molecule has 2 unspecified atom stereocenters. The van der Waals surface area contributed by atoms with E-state index in [1.807, 2.05) is 0 Å². The zero-order chi connectivity index (χ0) is 14.3. The molecular weight excluding hydrogens is 230 g/mol. The second-order valence-electron chi connectivity index (χ2n) is 5.60. The number of hydrogen-bond donors (Lipinski definition) is 1. The highest BCUT2D eigenvalue weighted by Crippen LogP contribution is 2.14. The Labute approximate surface area is 111 Å². The van der Waals surface area contributed by atoms with E-state index in [4.69, 9.17) is 10.5 Å². The Kier molecular flexibility index (Phi) is 7.43. The van der Waals surface area contributed by atoms with Crippen molar-refractivity contribution in [1.29, 1.82) is 0 Å². The van der Waals surface area contributed by atoms with Crippen molar-refractivity contribution in [1.82, 2.24) is 9.80 Å². The van der Waals surface area contributed by atoms with Crippen molar-refractivity contribution in [3.63, 3.8) is 0 Å². The lowest BCUT2D eigenvalue weighted by Gasteiger charge is -2.31. The zero-order valence-electron chi connectivity index (χ0n) is 12.7. The fraction of sp³-hybridized carbons (Fsp3) is 0.923. The minimum absolute atomic E-state index is 0.251. The molecule has 0 aliphatic heterocycles. The predicted octanol–water partition coefficient (Wildman–Crippen LogP) is 0.539. The van der Waals surface area contributed by atoms with Crippen LogP contribution in [0.3, 0.4) is 0 Å². The van der Waals surface area contributed by atoms with Crippen LogP contribution in [0.15, 0.2) is 0 Å². The topological polar surface area (TPSA) is 58.8 Å². The van der Waals surface area contributed by atoms with Gasteiger partial charge in [0.1, 0.15) is 5.54 Å². The highest BCUT2D eigenvalue weighted by atomic mass is 16.5. The van der Waals surface area contributed by atoms with Gasteiger partial charge in [0.15, 0.2) is 0 Å². The van der Waals surface area contributed by atoms with Gasteiger partial charge in [-0.15, -0.1) is 0 Å². The van der Waals surface area contributed by atoms with Crippen molar-refractivity contribution < 1.29 is 9.53 Å². The number of ether oxygens (including phenoxy) is 1. The van der Waals surface area contributed by atoms with Crippen molar-refractivity contribution in [3.05, 3.63) is 0 Å². The maximum atomic E-state index is 11.5. The molecule has 0 saturated heterocycles. The minimum Gasteiger partial charge on any atom is -0.468 e. The Morgan fingerprint density at radius 3 is 2.33 bits per heavy atom. The van der Waals surface area contributed by atoms with Gasteiger partial charge in [0.25, 0.3) is 0 Å². The van der Waals surface area contributed by atoms with Crippen LogP contribution >= 0.6 is 0 Å². The van der Waals surface area contributed by atoms with E-state index in [-0.39, 0.29) is 12.0 Å². The Morgan fingerprint density at radius 2 is 1.89 bits per heavy atom. The summed E-state index contributed by atoms with van der Waals surface area (Å²) < 4.78 is 4.72. The van der Waals surface area contributed by atoms with Gasteiger partial charge in [-0.1, -0.05) is 0 Å². The number of hydrogen-bond acceptors (Lipinski definition) is 5. The van der Waals surface area contributed by atoms with Gasteiger partial charge >= 0.3 is 5.97 Å². The van der Waals surface area contributed by atoms with Crippen LogP contribution in [0, 0.1) is 0 Å². The van der Waals surface area contributed by atoms with Crippen LogP contribution in [0.5, 0.6) is 0 Å². The molecule has 0 aromatic heterocycles. The number of nitrogens with zero attached hydrogens (tertiary/aromatic N) is 2. The predicted molar refractivity (Wildman–Crippen MR) is 74.5 cm³/mol. The zero-order valence-corrected chi connectivity index (χ0v) is 12.7. The van der Waals surface area contributed by atoms with E-state index in [0.717, 1.165) is 19.5 Å². The first-order valence-electron chi connectivity index (χ1n) is 6.43. The largest absolute Gasteiger partial charge is 0.468 e. The first-order valence-corrected chi connectivity index (χ1v) is 6.43. The smallest absolute Gasteiger partial charge is 0.325 e. The molecule has 0 heterocycles. The molecule has 18 heavy (non-hydrogen) atoms. The molecule has 0 bridgehead atoms. The van der Waals surface area contributed by atoms with Gasteiger partial charge < -0.3 is 20.3 Å². The molecule has 108 valence electrons. The van der Waals surface area contributed by atoms with Gasteiger partial charge in [-0.05, 0) is 60.9 Å². The summed E-state index contributed by atoms with van der Waals surface area (Å²) in [5, 5.41) is 0. The molecule has 0 radical (unpaired) electrons. The molecule has 0 aromatic carbocycles. The molecule has 0 aliphatic rings. The quantitative estimate of drug-likeness (QED) is 0.645. The summed E-state index contributed by atoms with van der Waals surface area (Å²) in [6.07, 6.45) is 1.70. The number of carbonyl (C=O) groups excluding carboxylic acids is 1. The van der Waals surface area contributed by atoms with E-state index in [0.29, 0.717) is 6.42 Å². The summed E-state index contributed by atoms with van der Waals surface area (Å²) in [7, 11) is 7.57. The lowest BCUT2D eigenvalue weighted by molar-refractivity contribution is -0.147. The third-order valence-electron chi connectivity index (χ3n) is 3.24. The molecule has 2 N–H and O–H groups in total. The van der Waals surface area contributed by atoms with Crippen molar-refractivity contribution in [3.8, 4) is 0 Å². The lowest BCUT2D eigenvalue weighted by atomic mass is 9.94. The summed E-state index contributed by atoms with van der Waals surface area (Å²) in [5.41, 5.74) is 5.06. The molecule has 5 heteroatoms. The van der Waals surface area contributed by atoms with E-state index < -0.39 is 5.54 Å². The second-order valence-corrected chi connectivity index (χ2v) is 5.60. The Hall–Kier alpha value is -0.650. The highest BCUT2D eigenvalue weighted by Gasteiger charge is 2.32. The maximum absolute atomic E-state index is 11.5. The van der Waals surface area contributed by atoms with Gasteiger partial charge in [-0.2, -0.15) is 0 Å². The van der Waals surface area contributed by atoms with Crippen LogP contribution in [0.1, 0.15) is 26.7 Å². The number of esters is 1. The van der Waals surface area contributed by atoms with Crippen LogP contribution in [-0.4, -0.2) is 68.7 Å². The molecule has 0 amide bonds. The lowest BCUT2D eigenvalue weighted by Crippen LogP contribution is -2.50. The minimum atomic E-state index is -0.913. The summed E-state index contributed by atoms with van der Waals surface area (Å²) in [6, 6.07) is 0.251. The fourth-order valence-electron chi connectivity index (χ4n) is 1.94. The molecule has 2 atom stereocenters. The summed E-state index contributed by atoms with van der Waals surface area (Å²) in [5.74, 6) is -0.351. The van der Waals surface area contributed by atoms with Gasteiger partial charge in [0, 0.05) is 6.04 Å². The maximum Gasteiger partial charge on any atom is 0.325 e. The van der Waals surface area contributed by atoms with E-state index in [2.05, 4.69) is 37.9 Å². The Morgan fingerprint density at radius 1 is 1.33 bits per heavy atom. The van der Waals surface area contributed by atoms with Crippen LogP contribution in [0.4, 0.5) is 0 Å². The van der Waals surface area contributed by atoms with Gasteiger partial charge in [-0.3, -0.25) is 4.79 Å². The molecule has 0 saturated carbocycles. The van der Waals surface area contributed by atoms with Gasteiger partial charge in [0.05, 0.1) is 7.11 Å². The number of rotatable bonds is 8. The van der Waals surface area contributed by atoms with E-state index in [1.54, 1.807) is 6.92 Å². The molecule has 0 aromatic rings. The first-order chi connectivity index (χ1) is 8.20. The summed E-state index contributed by atoms with van der Waals surface area (Å²) >= 11 is 0. The van der Waals surface area contributed by atoms with E-state index >= 15 is 0 Å². The first kappa shape index (κ1) is 17.4. The van der Waals surface area contributed by atoms with Crippen molar-refractivity contribution in [2.45, 2.75) is 38.3 Å². The highest BCUT2D eigenvalue weighted by molar-refractivity contribution is 5.79. The summed E-state index contributed by atoms with van der Waals surface area (Å²) in [4.78, 5) is 15.9. The molecule has 0 spiro atoms. The van der Waals surface area contributed by atoms with Crippen molar-refractivity contribution in [2.24, 2.45) is 5.73 Å². The number of nitrogens with two attached hydrogens (primary N) is 1. The van der Waals surface area contributed by atoms with E-state index in [9.17, 15) is 4.79 Å². The van der Waals surface area contributed by atoms with Crippen LogP contribution in [0.25, 0.3) is 0 Å². The van der Waals surface area contributed by atoms with Crippen molar-refractivity contribution in [2.75, 3.05) is 41.3 Å². The van der Waals surface area contributed by atoms with Crippen molar-refractivity contribution >= 4 is 5.97 Å². The average Bonchev–Trinajstić information content (AvgIpc) is 2.26. The summed E-state index contributed by atoms with van der Waals surface area (Å²) in [6.45, 7) is 5.87. The van der Waals surface area contributed by atoms with Gasteiger partial charge in [-0.25, -0.2) is 0 Å². The standard InChI is InChI=1S/C13H29N3O2/c1-11(10-13(2,14)12(17)18-6)16(5)9-7-8-15(3)4/h11H,7-10,14H2,1-6H3. The van der Waals surface area contributed by atoms with Crippen LogP contribution in [-0.2, 0) is 9.53 Å². The number of methoxy groups -OCH3 is 1. The monoisotopic (exact) mass is 259 g/mol. The second kappa shape index (κ2) is 7.71. The van der Waals surface area contributed by atoms with Crippen LogP contribution < -0.4 is 5.73 Å². The number of carbonyl (C=O) groups is 1. The third kappa shape index (κ3) is 6.33.